The van der Waals surface area contributed by atoms with E-state index in [2.05, 4.69) is 56.7 Å². The summed E-state index contributed by atoms with van der Waals surface area (Å²) in [6, 6.07) is 12.8. The third-order valence-electron chi connectivity index (χ3n) is 8.47. The molecule has 3 fully saturated rings. The van der Waals surface area contributed by atoms with E-state index >= 15 is 0 Å². The van der Waals surface area contributed by atoms with Crippen molar-refractivity contribution in [1.82, 2.24) is 20.3 Å². The molecule has 1 amide bonds. The average Bonchev–Trinajstić information content (AvgIpc) is 3.33. The fourth-order valence-corrected chi connectivity index (χ4v) is 6.33. The van der Waals surface area contributed by atoms with E-state index in [0.29, 0.717) is 24.2 Å². The van der Waals surface area contributed by atoms with Crippen molar-refractivity contribution in [2.45, 2.75) is 64.3 Å². The molecule has 35 heavy (non-hydrogen) atoms. The first kappa shape index (κ1) is 24.5. The topological polar surface area (TPSA) is 61.6 Å². The summed E-state index contributed by atoms with van der Waals surface area (Å²) >= 11 is 0. The number of carbonyl (C=O) groups excluding carboxylic acids is 1. The van der Waals surface area contributed by atoms with Gasteiger partial charge in [-0.3, -0.25) is 9.69 Å². The number of carbonyl (C=O) groups is 1. The largest absolute Gasteiger partial charge is 0.361 e. The van der Waals surface area contributed by atoms with Crippen molar-refractivity contribution in [3.8, 4) is 0 Å². The minimum absolute atomic E-state index is 0.333. The Balaban J connectivity index is 1.09. The Bertz CT molecular complexity index is 916. The zero-order valence-corrected chi connectivity index (χ0v) is 21.2. The van der Waals surface area contributed by atoms with Gasteiger partial charge in [0, 0.05) is 51.6 Å². The minimum atomic E-state index is 0.333. The van der Waals surface area contributed by atoms with E-state index in [1.54, 1.807) is 0 Å². The highest BCUT2D eigenvalue weighted by atomic mass is 16.5. The normalized spacial score (nSPS) is 24.5. The van der Waals surface area contributed by atoms with E-state index in [0.717, 1.165) is 82.4 Å². The standard InChI is InChI=1S/C29H42N4O2/c34-29(33-15-13-32(14-16-33)22-24-9-5-2-6-10-24)19-25-11-12-30-21-26(25)18-27-20-28(35-31-27)17-23-7-3-1-4-8-23/h2,5-6,9-10,20,23,25-26,30H,1,3-4,7-8,11-19,21-22H2/t25-,26+/m1/s1. The molecule has 1 aromatic heterocycles. The molecule has 3 aliphatic rings. The molecule has 1 N–H and O–H groups in total. The van der Waals surface area contributed by atoms with Crippen LogP contribution in [0.25, 0.3) is 0 Å². The Labute approximate surface area is 210 Å². The van der Waals surface area contributed by atoms with Crippen LogP contribution >= 0.6 is 0 Å². The molecule has 0 spiro atoms. The average molecular weight is 479 g/mol. The molecule has 6 nitrogen and oxygen atoms in total. The van der Waals surface area contributed by atoms with E-state index in [1.807, 2.05) is 0 Å². The number of nitrogens with one attached hydrogen (secondary N) is 1. The molecule has 2 aromatic rings. The van der Waals surface area contributed by atoms with E-state index in [1.165, 1.54) is 37.7 Å². The van der Waals surface area contributed by atoms with Gasteiger partial charge in [-0.25, -0.2) is 0 Å². The van der Waals surface area contributed by atoms with Crippen molar-refractivity contribution in [3.05, 3.63) is 53.4 Å². The maximum Gasteiger partial charge on any atom is 0.222 e. The molecular formula is C29H42N4O2. The predicted octanol–water partition coefficient (Wildman–Crippen LogP) is 4.30. The van der Waals surface area contributed by atoms with Crippen LogP contribution in [-0.4, -0.2) is 60.1 Å². The summed E-state index contributed by atoms with van der Waals surface area (Å²) in [5.74, 6) is 3.01. The molecule has 0 unspecified atom stereocenters. The molecule has 6 heteroatoms. The van der Waals surface area contributed by atoms with Crippen molar-refractivity contribution in [1.29, 1.82) is 0 Å². The van der Waals surface area contributed by atoms with Gasteiger partial charge in [0.25, 0.3) is 0 Å². The number of nitrogens with zero attached hydrogens (tertiary/aromatic N) is 3. The molecule has 2 aliphatic heterocycles. The lowest BCUT2D eigenvalue weighted by molar-refractivity contribution is -0.134. The highest BCUT2D eigenvalue weighted by Crippen LogP contribution is 2.29. The predicted molar refractivity (Wildman–Crippen MR) is 138 cm³/mol. The highest BCUT2D eigenvalue weighted by Gasteiger charge is 2.31. The van der Waals surface area contributed by atoms with Crippen molar-refractivity contribution in [2.75, 3.05) is 39.3 Å². The monoisotopic (exact) mass is 478 g/mol. The summed E-state index contributed by atoms with van der Waals surface area (Å²) in [6.45, 7) is 6.54. The molecule has 2 saturated heterocycles. The van der Waals surface area contributed by atoms with Crippen molar-refractivity contribution >= 4 is 5.91 Å². The number of benzene rings is 1. The van der Waals surface area contributed by atoms with Gasteiger partial charge in [-0.05, 0) is 49.2 Å². The summed E-state index contributed by atoms with van der Waals surface area (Å²) in [6.07, 6.45) is 10.4. The number of hydrogen-bond acceptors (Lipinski definition) is 5. The molecule has 1 aromatic carbocycles. The Kier molecular flexibility index (Phi) is 8.53. The van der Waals surface area contributed by atoms with E-state index in [-0.39, 0.29) is 0 Å². The van der Waals surface area contributed by atoms with E-state index < -0.39 is 0 Å². The molecule has 1 saturated carbocycles. The van der Waals surface area contributed by atoms with Gasteiger partial charge in [-0.1, -0.05) is 67.6 Å². The second kappa shape index (κ2) is 12.2. The second-order valence-corrected chi connectivity index (χ2v) is 11.1. The summed E-state index contributed by atoms with van der Waals surface area (Å²) in [7, 11) is 0. The SMILES string of the molecule is O=C(C[C@H]1CCNC[C@@H]1Cc1cc(CC2CCCCC2)on1)N1CCN(Cc2ccccc2)CC1. The van der Waals surface area contributed by atoms with Gasteiger partial charge >= 0.3 is 0 Å². The Morgan fingerprint density at radius 2 is 1.77 bits per heavy atom. The van der Waals surface area contributed by atoms with Crippen LogP contribution in [0.1, 0.15) is 62.0 Å². The van der Waals surface area contributed by atoms with Crippen molar-refractivity contribution < 1.29 is 9.32 Å². The Morgan fingerprint density at radius 3 is 2.57 bits per heavy atom. The number of piperazine rings is 1. The molecule has 190 valence electrons. The number of hydrogen-bond donors (Lipinski definition) is 1. The van der Waals surface area contributed by atoms with Gasteiger partial charge in [-0.15, -0.1) is 0 Å². The lowest BCUT2D eigenvalue weighted by atomic mass is 9.80. The minimum Gasteiger partial charge on any atom is -0.361 e. The van der Waals surface area contributed by atoms with Crippen LogP contribution in [0.3, 0.4) is 0 Å². The first-order valence-electron chi connectivity index (χ1n) is 13.9. The van der Waals surface area contributed by atoms with Crippen LogP contribution < -0.4 is 5.32 Å². The molecule has 3 heterocycles. The first-order chi connectivity index (χ1) is 17.2. The molecule has 5 rings (SSSR count). The summed E-state index contributed by atoms with van der Waals surface area (Å²) in [4.78, 5) is 17.8. The fraction of sp³-hybridized carbons (Fsp3) is 0.655. The van der Waals surface area contributed by atoms with E-state index in [9.17, 15) is 4.79 Å². The Morgan fingerprint density at radius 1 is 0.971 bits per heavy atom. The van der Waals surface area contributed by atoms with Crippen LogP contribution in [0.15, 0.2) is 40.9 Å². The fourth-order valence-electron chi connectivity index (χ4n) is 6.33. The molecule has 1 aliphatic carbocycles. The molecule has 0 bridgehead atoms. The lowest BCUT2D eigenvalue weighted by Gasteiger charge is -2.37. The zero-order chi connectivity index (χ0) is 23.9. The van der Waals surface area contributed by atoms with Gasteiger partial charge in [0.05, 0.1) is 5.69 Å². The number of amides is 1. The van der Waals surface area contributed by atoms with Gasteiger partial charge in [0.15, 0.2) is 0 Å². The molecular weight excluding hydrogens is 436 g/mol. The van der Waals surface area contributed by atoms with Crippen LogP contribution in [0.4, 0.5) is 0 Å². The van der Waals surface area contributed by atoms with Crippen LogP contribution in [0, 0.1) is 17.8 Å². The van der Waals surface area contributed by atoms with Crippen LogP contribution in [-0.2, 0) is 24.2 Å². The van der Waals surface area contributed by atoms with Gasteiger partial charge in [0.2, 0.25) is 5.91 Å². The van der Waals surface area contributed by atoms with Gasteiger partial charge in [-0.2, -0.15) is 0 Å². The maximum absolute atomic E-state index is 13.2. The van der Waals surface area contributed by atoms with Crippen LogP contribution in [0.5, 0.6) is 0 Å². The smallest absolute Gasteiger partial charge is 0.222 e. The summed E-state index contributed by atoms with van der Waals surface area (Å²) in [5, 5.41) is 7.97. The Hall–Kier alpha value is -2.18. The van der Waals surface area contributed by atoms with Crippen LogP contribution in [0.2, 0.25) is 0 Å². The van der Waals surface area contributed by atoms with E-state index in [4.69, 9.17) is 4.52 Å². The third kappa shape index (κ3) is 6.95. The van der Waals surface area contributed by atoms with Crippen molar-refractivity contribution in [2.24, 2.45) is 17.8 Å². The number of rotatable bonds is 8. The zero-order valence-electron chi connectivity index (χ0n) is 21.2. The number of aromatic nitrogens is 1. The van der Waals surface area contributed by atoms with Gasteiger partial charge < -0.3 is 14.7 Å². The highest BCUT2D eigenvalue weighted by molar-refractivity contribution is 5.76. The summed E-state index contributed by atoms with van der Waals surface area (Å²) < 4.78 is 5.72. The molecule has 2 atom stereocenters. The quantitative estimate of drug-likeness (QED) is 0.613. The van der Waals surface area contributed by atoms with Crippen molar-refractivity contribution in [3.63, 3.8) is 0 Å². The first-order valence-corrected chi connectivity index (χ1v) is 13.9. The number of piperidine rings is 1. The lowest BCUT2D eigenvalue weighted by Crippen LogP contribution is -2.49. The summed E-state index contributed by atoms with van der Waals surface area (Å²) in [5.41, 5.74) is 2.41. The second-order valence-electron chi connectivity index (χ2n) is 11.1. The third-order valence-corrected chi connectivity index (χ3v) is 8.47. The maximum atomic E-state index is 13.2. The van der Waals surface area contributed by atoms with Gasteiger partial charge in [0.1, 0.15) is 5.76 Å². The molecule has 0 radical (unpaired) electrons.